The number of hydrogen-bond acceptors (Lipinski definition) is 2. The minimum Gasteiger partial charge on any atom is -0.316 e. The fourth-order valence-electron chi connectivity index (χ4n) is 2.77. The minimum atomic E-state index is 0.716. The van der Waals surface area contributed by atoms with Crippen molar-refractivity contribution in [1.82, 2.24) is 10.6 Å². The molecule has 0 aromatic heterocycles. The first kappa shape index (κ1) is 10.4. The summed E-state index contributed by atoms with van der Waals surface area (Å²) in [6.45, 7) is 6.02. The van der Waals surface area contributed by atoms with E-state index in [9.17, 15) is 0 Å². The van der Waals surface area contributed by atoms with Crippen LogP contribution < -0.4 is 10.6 Å². The molecule has 2 N–H and O–H groups in total. The van der Waals surface area contributed by atoms with E-state index in [0.29, 0.717) is 6.04 Å². The van der Waals surface area contributed by atoms with Crippen LogP contribution in [0, 0.1) is 11.8 Å². The van der Waals surface area contributed by atoms with Gasteiger partial charge in [0.25, 0.3) is 0 Å². The van der Waals surface area contributed by atoms with E-state index in [2.05, 4.69) is 17.6 Å². The quantitative estimate of drug-likeness (QED) is 0.701. The summed E-state index contributed by atoms with van der Waals surface area (Å²) in [5, 5.41) is 7.16. The summed E-state index contributed by atoms with van der Waals surface area (Å²) in [4.78, 5) is 0. The Morgan fingerprint density at radius 1 is 1.07 bits per heavy atom. The smallest absolute Gasteiger partial charge is 0.0130 e. The van der Waals surface area contributed by atoms with Crippen molar-refractivity contribution in [3.63, 3.8) is 0 Å². The third-order valence-electron chi connectivity index (χ3n) is 3.80. The molecule has 14 heavy (non-hydrogen) atoms. The highest BCUT2D eigenvalue weighted by Gasteiger charge is 2.27. The normalized spacial score (nSPS) is 34.7. The average Bonchev–Trinajstić information content (AvgIpc) is 2.30. The molecule has 0 aromatic rings. The largest absolute Gasteiger partial charge is 0.316 e. The van der Waals surface area contributed by atoms with Crippen LogP contribution in [0.2, 0.25) is 0 Å². The van der Waals surface area contributed by atoms with Crippen LogP contribution in [0.4, 0.5) is 0 Å². The van der Waals surface area contributed by atoms with Gasteiger partial charge in [-0.15, -0.1) is 0 Å². The van der Waals surface area contributed by atoms with Gasteiger partial charge in [0.05, 0.1) is 0 Å². The van der Waals surface area contributed by atoms with Gasteiger partial charge in [-0.25, -0.2) is 0 Å². The highest BCUT2D eigenvalue weighted by atomic mass is 14.9. The monoisotopic (exact) mass is 195 g/mol. The van der Waals surface area contributed by atoms with Gasteiger partial charge in [-0.2, -0.15) is 0 Å². The Balaban J connectivity index is 1.82. The molecule has 1 radical (unpaired) electrons. The SMILES string of the molecule is C[C](C1CCCNC1)C1CCCCN1. The molecule has 2 atom stereocenters. The number of hydrogen-bond donors (Lipinski definition) is 2. The van der Waals surface area contributed by atoms with Crippen LogP contribution >= 0.6 is 0 Å². The molecule has 2 aliphatic rings. The first-order chi connectivity index (χ1) is 6.88. The van der Waals surface area contributed by atoms with Gasteiger partial charge < -0.3 is 10.6 Å². The summed E-state index contributed by atoms with van der Waals surface area (Å²) in [7, 11) is 0. The molecule has 0 bridgehead atoms. The highest BCUT2D eigenvalue weighted by Crippen LogP contribution is 2.28. The van der Waals surface area contributed by atoms with Crippen LogP contribution in [0.1, 0.15) is 39.0 Å². The third-order valence-corrected chi connectivity index (χ3v) is 3.80. The summed E-state index contributed by atoms with van der Waals surface area (Å²) < 4.78 is 0. The van der Waals surface area contributed by atoms with Gasteiger partial charge in [0.2, 0.25) is 0 Å². The zero-order chi connectivity index (χ0) is 9.80. The molecule has 0 spiro atoms. The van der Waals surface area contributed by atoms with Crippen molar-refractivity contribution in [3.05, 3.63) is 5.92 Å². The Labute approximate surface area is 87.8 Å². The zero-order valence-corrected chi connectivity index (χ0v) is 9.31. The molecule has 81 valence electrons. The second kappa shape index (κ2) is 5.13. The summed E-state index contributed by atoms with van der Waals surface area (Å²) in [5.74, 6) is 2.54. The molecular weight excluding hydrogens is 172 g/mol. The molecule has 2 heteroatoms. The molecule has 2 heterocycles. The molecule has 2 nitrogen and oxygen atoms in total. The molecule has 0 saturated carbocycles. The molecule has 0 aliphatic carbocycles. The van der Waals surface area contributed by atoms with E-state index in [0.717, 1.165) is 5.92 Å². The van der Waals surface area contributed by atoms with Crippen molar-refractivity contribution in [2.24, 2.45) is 5.92 Å². The number of piperidine rings is 2. The van der Waals surface area contributed by atoms with Crippen LogP contribution in [0.5, 0.6) is 0 Å². The Hall–Kier alpha value is -0.0800. The van der Waals surface area contributed by atoms with Gasteiger partial charge in [0, 0.05) is 6.04 Å². The Bertz CT molecular complexity index is 140. The number of nitrogens with one attached hydrogen (secondary N) is 2. The Kier molecular flexibility index (Phi) is 3.82. The van der Waals surface area contributed by atoms with E-state index in [1.807, 2.05) is 0 Å². The van der Waals surface area contributed by atoms with Crippen molar-refractivity contribution in [2.75, 3.05) is 19.6 Å². The zero-order valence-electron chi connectivity index (χ0n) is 9.31. The molecule has 2 saturated heterocycles. The average molecular weight is 195 g/mol. The Morgan fingerprint density at radius 3 is 2.64 bits per heavy atom. The molecule has 2 rings (SSSR count). The van der Waals surface area contributed by atoms with E-state index in [1.165, 1.54) is 51.7 Å². The lowest BCUT2D eigenvalue weighted by Gasteiger charge is -2.35. The second-order valence-electron chi connectivity index (χ2n) is 4.79. The lowest BCUT2D eigenvalue weighted by atomic mass is 9.80. The van der Waals surface area contributed by atoms with Crippen molar-refractivity contribution in [1.29, 1.82) is 0 Å². The predicted octanol–water partition coefficient (Wildman–Crippen LogP) is 1.72. The maximum absolute atomic E-state index is 3.65. The van der Waals surface area contributed by atoms with Crippen molar-refractivity contribution in [3.8, 4) is 0 Å². The van der Waals surface area contributed by atoms with Gasteiger partial charge >= 0.3 is 0 Å². The molecule has 2 aliphatic heterocycles. The first-order valence-corrected chi connectivity index (χ1v) is 6.15. The lowest BCUT2D eigenvalue weighted by molar-refractivity contribution is 0.317. The summed E-state index contributed by atoms with van der Waals surface area (Å²) in [5.41, 5.74) is 0. The van der Waals surface area contributed by atoms with Crippen LogP contribution in [-0.4, -0.2) is 25.7 Å². The third kappa shape index (κ3) is 2.48. The number of rotatable bonds is 2. The van der Waals surface area contributed by atoms with Gasteiger partial charge in [0.1, 0.15) is 0 Å². The van der Waals surface area contributed by atoms with Crippen molar-refractivity contribution >= 4 is 0 Å². The molecule has 2 fully saturated rings. The maximum Gasteiger partial charge on any atom is 0.0130 e. The first-order valence-electron chi connectivity index (χ1n) is 6.15. The topological polar surface area (TPSA) is 24.1 Å². The minimum absolute atomic E-state index is 0.716. The van der Waals surface area contributed by atoms with Crippen molar-refractivity contribution < 1.29 is 0 Å². The van der Waals surface area contributed by atoms with Crippen LogP contribution in [0.25, 0.3) is 0 Å². The van der Waals surface area contributed by atoms with Crippen LogP contribution in [0.3, 0.4) is 0 Å². The summed E-state index contributed by atoms with van der Waals surface area (Å²) in [6.07, 6.45) is 6.90. The molecular formula is C12H23N2. The van der Waals surface area contributed by atoms with Gasteiger partial charge in [-0.1, -0.05) is 13.3 Å². The highest BCUT2D eigenvalue weighted by molar-refractivity contribution is 5.04. The Morgan fingerprint density at radius 2 is 2.00 bits per heavy atom. The fraction of sp³-hybridized carbons (Fsp3) is 0.917. The van der Waals surface area contributed by atoms with Gasteiger partial charge in [-0.05, 0) is 57.2 Å². The molecule has 2 unspecified atom stereocenters. The van der Waals surface area contributed by atoms with Crippen molar-refractivity contribution in [2.45, 2.75) is 45.1 Å². The van der Waals surface area contributed by atoms with E-state index in [4.69, 9.17) is 0 Å². The lowest BCUT2D eigenvalue weighted by Crippen LogP contribution is -2.44. The van der Waals surface area contributed by atoms with E-state index in [1.54, 1.807) is 5.92 Å². The fourth-order valence-corrected chi connectivity index (χ4v) is 2.77. The summed E-state index contributed by atoms with van der Waals surface area (Å²) in [6, 6.07) is 0.716. The van der Waals surface area contributed by atoms with E-state index >= 15 is 0 Å². The van der Waals surface area contributed by atoms with Gasteiger partial charge in [-0.3, -0.25) is 0 Å². The molecule has 0 amide bonds. The van der Waals surface area contributed by atoms with E-state index < -0.39 is 0 Å². The molecule has 0 aromatic carbocycles. The summed E-state index contributed by atoms with van der Waals surface area (Å²) >= 11 is 0. The second-order valence-corrected chi connectivity index (χ2v) is 4.79. The van der Waals surface area contributed by atoms with Crippen LogP contribution in [0.15, 0.2) is 0 Å². The maximum atomic E-state index is 3.65. The standard InChI is InChI=1S/C12H23N2/c1-10(11-5-4-7-13-9-11)12-6-2-3-8-14-12/h11-14H,2-9H2,1H3. The predicted molar refractivity (Wildman–Crippen MR) is 60.2 cm³/mol. The van der Waals surface area contributed by atoms with Gasteiger partial charge in [0.15, 0.2) is 0 Å². The van der Waals surface area contributed by atoms with Crippen LogP contribution in [-0.2, 0) is 0 Å². The van der Waals surface area contributed by atoms with E-state index in [-0.39, 0.29) is 0 Å².